The van der Waals surface area contributed by atoms with Gasteiger partial charge in [0.05, 0.1) is 52.7 Å². The molecule has 7 rings (SSSR count). The summed E-state index contributed by atoms with van der Waals surface area (Å²) in [7, 11) is 0. The number of benzene rings is 3. The molecule has 6 N–H and O–H groups in total. The first kappa shape index (κ1) is 51.9. The van der Waals surface area contributed by atoms with Crippen LogP contribution in [0.15, 0.2) is 72.2 Å². The van der Waals surface area contributed by atoms with Crippen molar-refractivity contribution < 1.29 is 38.6 Å². The molecular weight excluding hydrogens is 907 g/mol. The maximum Gasteiger partial charge on any atom is 0.246 e. The molecule has 0 radical (unpaired) electrons. The SMILES string of the molecule is Cc1ncsc1-c1ccc([C@H](C)NC(=O)[C@@H]2C[C@@H](O)CN2C(=O)[C@@H](NC(=O)CCCCc2ccc(CO[C@H](C)[C@H](CCC(N)=O)NC(=O)[C@@H]3Cc4cccc5c4N3C(=O)CCC5)cc2)C(C)(C)C)cc1. The number of hydrogen-bond donors (Lipinski definition) is 5. The first-order valence-electron chi connectivity index (χ1n) is 24.7. The minimum atomic E-state index is -0.911. The van der Waals surface area contributed by atoms with E-state index in [1.165, 1.54) is 4.90 Å². The van der Waals surface area contributed by atoms with Crippen molar-refractivity contribution in [3.63, 3.8) is 0 Å². The zero-order valence-corrected chi connectivity index (χ0v) is 42.1. The van der Waals surface area contributed by atoms with Crippen LogP contribution in [0.3, 0.4) is 0 Å². The fraction of sp³-hybridized carbons (Fsp3) is 0.500. The standard InChI is InChI=1S/C54H69N7O8S/c1-32(37-21-23-39(24-22-37)49-33(2)56-31-70-49)57-51(66)43-28-41(62)29-60(43)53(68)50(54(4,5)6)59-46(64)15-8-7-11-35-17-19-36(20-18-35)30-69-34(3)42(25-26-45(55)63)58-52(67)44-27-40-14-9-12-38-13-10-16-47(65)61(44)48(38)40/h9,12,14,17-24,31-32,34,41-44,50,62H,7-8,10-11,13,15-16,25-30H2,1-6H3,(H2,55,63)(H,57,66)(H,58,67)(H,59,64)/t32-,34+,41+,42-,43-,44-,50+/m0/s1. The molecule has 3 aliphatic heterocycles. The molecule has 6 amide bonds. The lowest BCUT2D eigenvalue weighted by Gasteiger charge is -2.35. The molecule has 4 aromatic rings. The number of para-hydroxylation sites is 1. The summed E-state index contributed by atoms with van der Waals surface area (Å²) in [6.45, 7) is 11.6. The number of β-amino-alcohol motifs (C(OH)–C–C–N with tert-alkyl or cyclic N) is 1. The van der Waals surface area contributed by atoms with Gasteiger partial charge in [0, 0.05) is 38.6 Å². The fourth-order valence-electron chi connectivity index (χ4n) is 9.84. The molecule has 3 aliphatic rings. The van der Waals surface area contributed by atoms with Gasteiger partial charge in [-0.05, 0) is 98.1 Å². The smallest absolute Gasteiger partial charge is 0.246 e. The summed E-state index contributed by atoms with van der Waals surface area (Å²) in [5.41, 5.74) is 14.5. The average molecular weight is 976 g/mol. The second-order valence-corrected chi connectivity index (χ2v) is 21.2. The summed E-state index contributed by atoms with van der Waals surface area (Å²) in [6, 6.07) is 18.6. The Hall–Kier alpha value is -5.97. The molecule has 4 heterocycles. The van der Waals surface area contributed by atoms with Crippen molar-refractivity contribution in [3.8, 4) is 10.4 Å². The molecule has 374 valence electrons. The molecular formula is C54H69N7O8S. The van der Waals surface area contributed by atoms with Crippen LogP contribution in [0.1, 0.15) is 126 Å². The maximum atomic E-state index is 14.2. The minimum Gasteiger partial charge on any atom is -0.391 e. The molecule has 0 aliphatic carbocycles. The second kappa shape index (κ2) is 22.8. The van der Waals surface area contributed by atoms with Crippen molar-refractivity contribution in [2.24, 2.45) is 11.1 Å². The summed E-state index contributed by atoms with van der Waals surface area (Å²) in [5.74, 6) is -1.83. The Morgan fingerprint density at radius 1 is 0.886 bits per heavy atom. The van der Waals surface area contributed by atoms with Gasteiger partial charge in [0.25, 0.3) is 0 Å². The molecule has 0 bridgehead atoms. The predicted octanol–water partition coefficient (Wildman–Crippen LogP) is 6.15. The number of nitrogens with zero attached hydrogens (tertiary/aromatic N) is 3. The highest BCUT2D eigenvalue weighted by Crippen LogP contribution is 2.39. The number of thiazole rings is 1. The van der Waals surface area contributed by atoms with Crippen LogP contribution in [0.5, 0.6) is 0 Å². The number of hydrogen-bond acceptors (Lipinski definition) is 10. The topological polar surface area (TPSA) is 213 Å². The van der Waals surface area contributed by atoms with E-state index < -0.39 is 53.6 Å². The van der Waals surface area contributed by atoms with E-state index in [1.54, 1.807) is 16.2 Å². The number of anilines is 1. The van der Waals surface area contributed by atoms with Gasteiger partial charge >= 0.3 is 0 Å². The van der Waals surface area contributed by atoms with Crippen LogP contribution in [0.4, 0.5) is 5.69 Å². The number of aliphatic hydroxyl groups is 1. The van der Waals surface area contributed by atoms with E-state index in [1.807, 2.05) is 114 Å². The van der Waals surface area contributed by atoms with E-state index in [-0.39, 0.29) is 62.1 Å². The number of ether oxygens (including phenoxy) is 1. The molecule has 16 heteroatoms. The Bertz CT molecular complexity index is 2520. The van der Waals surface area contributed by atoms with Gasteiger partial charge in [-0.1, -0.05) is 87.5 Å². The average Bonchev–Trinajstić information content (AvgIpc) is 4.03. The van der Waals surface area contributed by atoms with E-state index in [9.17, 15) is 33.9 Å². The number of carbonyl (C=O) groups is 6. The zero-order chi connectivity index (χ0) is 50.3. The van der Waals surface area contributed by atoms with Gasteiger partial charge in [0.1, 0.15) is 18.1 Å². The third-order valence-corrected chi connectivity index (χ3v) is 14.9. The quantitative estimate of drug-likeness (QED) is 0.0642. The fourth-order valence-corrected chi connectivity index (χ4v) is 10.7. The number of nitrogens with one attached hydrogen (secondary N) is 3. The first-order valence-corrected chi connectivity index (χ1v) is 25.6. The monoisotopic (exact) mass is 975 g/mol. The molecule has 1 saturated heterocycles. The molecule has 1 fully saturated rings. The lowest BCUT2D eigenvalue weighted by Crippen LogP contribution is -2.57. The van der Waals surface area contributed by atoms with Crippen LogP contribution in [0.2, 0.25) is 0 Å². The van der Waals surface area contributed by atoms with Crippen LogP contribution >= 0.6 is 11.3 Å². The predicted molar refractivity (Wildman–Crippen MR) is 269 cm³/mol. The summed E-state index contributed by atoms with van der Waals surface area (Å²) in [4.78, 5) is 88.7. The Morgan fingerprint density at radius 3 is 2.27 bits per heavy atom. The summed E-state index contributed by atoms with van der Waals surface area (Å²) < 4.78 is 6.26. The van der Waals surface area contributed by atoms with E-state index in [4.69, 9.17) is 10.5 Å². The van der Waals surface area contributed by atoms with Gasteiger partial charge in [-0.15, -0.1) is 11.3 Å². The van der Waals surface area contributed by atoms with E-state index >= 15 is 0 Å². The highest BCUT2D eigenvalue weighted by atomic mass is 32.1. The first-order chi connectivity index (χ1) is 33.4. The zero-order valence-electron chi connectivity index (χ0n) is 41.3. The van der Waals surface area contributed by atoms with Gasteiger partial charge in [-0.25, -0.2) is 4.98 Å². The van der Waals surface area contributed by atoms with Crippen LogP contribution < -0.4 is 26.6 Å². The third kappa shape index (κ3) is 12.7. The number of rotatable bonds is 20. The molecule has 70 heavy (non-hydrogen) atoms. The van der Waals surface area contributed by atoms with Crippen LogP contribution in [-0.2, 0) is 59.4 Å². The highest BCUT2D eigenvalue weighted by Gasteiger charge is 2.45. The van der Waals surface area contributed by atoms with Crippen molar-refractivity contribution in [1.82, 2.24) is 25.8 Å². The second-order valence-electron chi connectivity index (χ2n) is 20.3. The number of unbranched alkanes of at least 4 members (excludes halogenated alkanes) is 1. The maximum absolute atomic E-state index is 14.2. The number of primary amides is 1. The Kier molecular flexibility index (Phi) is 16.9. The molecule has 0 saturated carbocycles. The number of aryl methyl sites for hydroxylation is 3. The number of amides is 6. The van der Waals surface area contributed by atoms with Crippen molar-refractivity contribution in [2.75, 3.05) is 11.4 Å². The Morgan fingerprint density at radius 2 is 1.59 bits per heavy atom. The number of nitrogens with two attached hydrogens (primary N) is 1. The highest BCUT2D eigenvalue weighted by molar-refractivity contribution is 7.13. The number of carbonyl (C=O) groups excluding carboxylic acids is 6. The summed E-state index contributed by atoms with van der Waals surface area (Å²) >= 11 is 1.57. The summed E-state index contributed by atoms with van der Waals surface area (Å²) in [5, 5.41) is 19.8. The largest absolute Gasteiger partial charge is 0.391 e. The molecule has 0 unspecified atom stereocenters. The normalized spacial score (nSPS) is 19.4. The van der Waals surface area contributed by atoms with Gasteiger partial charge in [-0.2, -0.15) is 0 Å². The van der Waals surface area contributed by atoms with E-state index in [0.717, 1.165) is 75.3 Å². The lowest BCUT2D eigenvalue weighted by atomic mass is 9.85. The third-order valence-electron chi connectivity index (χ3n) is 13.9. The minimum absolute atomic E-state index is 0.00371. The van der Waals surface area contributed by atoms with E-state index in [0.29, 0.717) is 25.7 Å². The van der Waals surface area contributed by atoms with Crippen molar-refractivity contribution in [2.45, 2.75) is 161 Å². The van der Waals surface area contributed by atoms with Gasteiger partial charge in [0.2, 0.25) is 35.4 Å². The van der Waals surface area contributed by atoms with Crippen molar-refractivity contribution in [1.29, 1.82) is 0 Å². The molecule has 3 aromatic carbocycles. The molecule has 0 spiro atoms. The van der Waals surface area contributed by atoms with Gasteiger partial charge < -0.3 is 36.4 Å². The van der Waals surface area contributed by atoms with Crippen molar-refractivity contribution in [3.05, 3.63) is 106 Å². The molecule has 7 atom stereocenters. The number of likely N-dealkylation sites (tertiary alicyclic amines) is 1. The Labute approximate surface area is 415 Å². The van der Waals surface area contributed by atoms with E-state index in [2.05, 4.69) is 20.9 Å². The molecule has 15 nitrogen and oxygen atoms in total. The van der Waals surface area contributed by atoms with Gasteiger partial charge in [-0.3, -0.25) is 33.7 Å². The molecule has 1 aromatic heterocycles. The summed E-state index contributed by atoms with van der Waals surface area (Å²) in [6.07, 6.45) is 3.73. The van der Waals surface area contributed by atoms with Crippen molar-refractivity contribution >= 4 is 52.5 Å². The number of aliphatic hydroxyl groups excluding tert-OH is 1. The van der Waals surface area contributed by atoms with Crippen LogP contribution in [-0.4, -0.2) is 93.4 Å². The van der Waals surface area contributed by atoms with Gasteiger partial charge in [0.15, 0.2) is 0 Å². The number of aromatic nitrogens is 1. The van der Waals surface area contributed by atoms with Crippen LogP contribution in [0.25, 0.3) is 10.4 Å². The lowest BCUT2D eigenvalue weighted by molar-refractivity contribution is -0.144. The Balaban J connectivity index is 0.863. The van der Waals surface area contributed by atoms with Crippen LogP contribution in [0, 0.1) is 12.3 Å².